The third-order valence-corrected chi connectivity index (χ3v) is 3.68. The highest BCUT2D eigenvalue weighted by atomic mass is 35.5. The molecule has 0 radical (unpaired) electrons. The number of rotatable bonds is 1. The van der Waals surface area contributed by atoms with Gasteiger partial charge >= 0.3 is 0 Å². The Morgan fingerprint density at radius 1 is 1.00 bits per heavy atom. The number of fused-ring (bicyclic) bond motifs is 1. The van der Waals surface area contributed by atoms with Crippen LogP contribution >= 0.6 is 11.6 Å². The van der Waals surface area contributed by atoms with E-state index in [0.29, 0.717) is 5.82 Å². The normalized spacial score (nSPS) is 10.8. The van der Waals surface area contributed by atoms with Crippen molar-refractivity contribution in [2.45, 2.75) is 6.92 Å². The minimum absolute atomic E-state index is 0.482. The number of nitrogen functional groups attached to an aromatic ring is 1. The van der Waals surface area contributed by atoms with E-state index in [1.807, 2.05) is 43.3 Å². The van der Waals surface area contributed by atoms with Crippen molar-refractivity contribution in [1.29, 1.82) is 0 Å². The molecule has 0 saturated heterocycles. The van der Waals surface area contributed by atoms with Crippen LogP contribution in [0, 0.1) is 6.92 Å². The molecule has 0 aliphatic heterocycles. The topological polar surface area (TPSA) is 51.8 Å². The zero-order chi connectivity index (χ0) is 13.4. The van der Waals surface area contributed by atoms with Gasteiger partial charge in [0.25, 0.3) is 0 Å². The summed E-state index contributed by atoms with van der Waals surface area (Å²) in [5.74, 6) is 0.482. The van der Waals surface area contributed by atoms with E-state index in [2.05, 4.69) is 9.97 Å². The van der Waals surface area contributed by atoms with E-state index in [1.54, 1.807) is 0 Å². The summed E-state index contributed by atoms with van der Waals surface area (Å²) >= 11 is 6.39. The van der Waals surface area contributed by atoms with Crippen molar-refractivity contribution >= 4 is 28.3 Å². The van der Waals surface area contributed by atoms with Crippen LogP contribution in [-0.4, -0.2) is 9.97 Å². The third-order valence-electron chi connectivity index (χ3n) is 3.18. The van der Waals surface area contributed by atoms with Gasteiger partial charge in [-0.1, -0.05) is 41.9 Å². The molecule has 3 nitrogen and oxygen atoms in total. The number of hydrogen-bond donors (Lipinski definition) is 1. The van der Waals surface area contributed by atoms with Crippen LogP contribution in [0.2, 0.25) is 5.02 Å². The van der Waals surface area contributed by atoms with Gasteiger partial charge in [-0.3, -0.25) is 0 Å². The molecule has 0 amide bonds. The van der Waals surface area contributed by atoms with E-state index >= 15 is 0 Å². The number of aromatic nitrogens is 2. The summed E-state index contributed by atoms with van der Waals surface area (Å²) in [4.78, 5) is 8.36. The summed E-state index contributed by atoms with van der Waals surface area (Å²) in [6, 6.07) is 11.8. The summed E-state index contributed by atoms with van der Waals surface area (Å²) < 4.78 is 0. The first-order valence-corrected chi connectivity index (χ1v) is 6.31. The van der Waals surface area contributed by atoms with Crippen LogP contribution in [0.25, 0.3) is 22.0 Å². The van der Waals surface area contributed by atoms with Crippen LogP contribution in [0.5, 0.6) is 0 Å². The first-order valence-electron chi connectivity index (χ1n) is 5.93. The average molecular weight is 270 g/mol. The molecule has 94 valence electrons. The fourth-order valence-corrected chi connectivity index (χ4v) is 2.41. The molecule has 0 atom stereocenters. The second-order valence-corrected chi connectivity index (χ2v) is 4.78. The zero-order valence-corrected chi connectivity index (χ0v) is 11.1. The lowest BCUT2D eigenvalue weighted by Crippen LogP contribution is -1.94. The maximum Gasteiger partial charge on any atom is 0.134 e. The molecule has 1 heterocycles. The lowest BCUT2D eigenvalue weighted by molar-refractivity contribution is 1.23. The molecule has 0 aliphatic carbocycles. The Bertz CT molecular complexity index is 768. The van der Waals surface area contributed by atoms with E-state index in [4.69, 9.17) is 17.3 Å². The zero-order valence-electron chi connectivity index (χ0n) is 10.4. The maximum absolute atomic E-state index is 6.39. The van der Waals surface area contributed by atoms with Gasteiger partial charge in [-0.25, -0.2) is 9.97 Å². The van der Waals surface area contributed by atoms with Crippen molar-refractivity contribution in [2.75, 3.05) is 5.73 Å². The summed E-state index contributed by atoms with van der Waals surface area (Å²) in [6.07, 6.45) is 1.48. The van der Waals surface area contributed by atoms with Gasteiger partial charge in [0.15, 0.2) is 0 Å². The first-order chi connectivity index (χ1) is 9.18. The predicted molar refractivity (Wildman–Crippen MR) is 79.1 cm³/mol. The Hall–Kier alpha value is -2.13. The van der Waals surface area contributed by atoms with Crippen molar-refractivity contribution < 1.29 is 0 Å². The molecule has 2 aromatic carbocycles. The van der Waals surface area contributed by atoms with Gasteiger partial charge in [0.2, 0.25) is 0 Å². The number of nitrogens with zero attached hydrogens (tertiary/aromatic N) is 2. The molecular weight excluding hydrogens is 258 g/mol. The molecule has 3 rings (SSSR count). The van der Waals surface area contributed by atoms with Crippen molar-refractivity contribution in [3.05, 3.63) is 53.3 Å². The van der Waals surface area contributed by atoms with Gasteiger partial charge < -0.3 is 5.73 Å². The quantitative estimate of drug-likeness (QED) is 0.730. The minimum atomic E-state index is 0.482. The molecular formula is C15H12ClN3. The number of aryl methyl sites for hydroxylation is 1. The van der Waals surface area contributed by atoms with Crippen LogP contribution in [0.3, 0.4) is 0 Å². The molecule has 0 saturated carbocycles. The lowest BCUT2D eigenvalue weighted by Gasteiger charge is -2.10. The van der Waals surface area contributed by atoms with E-state index in [1.165, 1.54) is 6.33 Å². The Morgan fingerprint density at radius 2 is 1.74 bits per heavy atom. The molecule has 0 bridgehead atoms. The Morgan fingerprint density at radius 3 is 2.58 bits per heavy atom. The van der Waals surface area contributed by atoms with Crippen LogP contribution in [-0.2, 0) is 0 Å². The van der Waals surface area contributed by atoms with E-state index in [-0.39, 0.29) is 0 Å². The fourth-order valence-electron chi connectivity index (χ4n) is 2.18. The van der Waals surface area contributed by atoms with Gasteiger partial charge in [-0.2, -0.15) is 0 Å². The second-order valence-electron chi connectivity index (χ2n) is 4.40. The molecule has 0 unspecified atom stereocenters. The van der Waals surface area contributed by atoms with Gasteiger partial charge in [-0.15, -0.1) is 0 Å². The predicted octanol–water partition coefficient (Wildman–Crippen LogP) is 3.84. The maximum atomic E-state index is 6.39. The molecule has 1 aromatic heterocycles. The summed E-state index contributed by atoms with van der Waals surface area (Å²) in [5, 5.41) is 1.59. The Kier molecular flexibility index (Phi) is 2.84. The minimum Gasteiger partial charge on any atom is -0.383 e. The molecule has 19 heavy (non-hydrogen) atoms. The van der Waals surface area contributed by atoms with Crippen LogP contribution in [0.4, 0.5) is 5.82 Å². The molecule has 4 heteroatoms. The van der Waals surface area contributed by atoms with Gasteiger partial charge in [-0.05, 0) is 18.6 Å². The number of benzene rings is 2. The Balaban J connectivity index is 2.37. The fraction of sp³-hybridized carbons (Fsp3) is 0.0667. The van der Waals surface area contributed by atoms with Crippen molar-refractivity contribution in [3.63, 3.8) is 0 Å². The molecule has 2 N–H and O–H groups in total. The number of halogens is 1. The van der Waals surface area contributed by atoms with E-state index in [9.17, 15) is 0 Å². The van der Waals surface area contributed by atoms with E-state index < -0.39 is 0 Å². The van der Waals surface area contributed by atoms with Crippen molar-refractivity contribution in [2.24, 2.45) is 0 Å². The highest BCUT2D eigenvalue weighted by Crippen LogP contribution is 2.34. The number of anilines is 1. The van der Waals surface area contributed by atoms with Gasteiger partial charge in [0.1, 0.15) is 12.1 Å². The number of hydrogen-bond acceptors (Lipinski definition) is 3. The Labute approximate surface area is 116 Å². The van der Waals surface area contributed by atoms with Crippen molar-refractivity contribution in [3.8, 4) is 11.1 Å². The number of nitrogens with two attached hydrogens (primary N) is 1. The van der Waals surface area contributed by atoms with E-state index in [0.717, 1.165) is 32.6 Å². The van der Waals surface area contributed by atoms with Crippen LogP contribution < -0.4 is 5.73 Å². The smallest absolute Gasteiger partial charge is 0.134 e. The largest absolute Gasteiger partial charge is 0.383 e. The summed E-state index contributed by atoms with van der Waals surface area (Å²) in [6.45, 7) is 1.99. The summed E-state index contributed by atoms with van der Waals surface area (Å²) in [7, 11) is 0. The highest BCUT2D eigenvalue weighted by Gasteiger charge is 2.11. The third kappa shape index (κ3) is 1.92. The molecule has 3 aromatic rings. The van der Waals surface area contributed by atoms with Crippen LogP contribution in [0.15, 0.2) is 42.7 Å². The first kappa shape index (κ1) is 11.9. The monoisotopic (exact) mass is 269 g/mol. The number of para-hydroxylation sites is 1. The van der Waals surface area contributed by atoms with Crippen molar-refractivity contribution in [1.82, 2.24) is 9.97 Å². The second kappa shape index (κ2) is 4.52. The average Bonchev–Trinajstić information content (AvgIpc) is 2.42. The molecule has 0 spiro atoms. The van der Waals surface area contributed by atoms with Crippen LogP contribution in [0.1, 0.15) is 5.56 Å². The van der Waals surface area contributed by atoms with Gasteiger partial charge in [0.05, 0.1) is 10.5 Å². The highest BCUT2D eigenvalue weighted by molar-refractivity contribution is 6.34. The summed E-state index contributed by atoms with van der Waals surface area (Å²) in [5.41, 5.74) is 9.68. The lowest BCUT2D eigenvalue weighted by atomic mass is 10.0. The van der Waals surface area contributed by atoms with Gasteiger partial charge in [0, 0.05) is 16.5 Å². The standard InChI is InChI=1S/C15H12ClN3/c1-9-4-2-5-10(13(9)16)11-6-3-7-12-14(11)18-8-19-15(12)17/h2-8H,1H3,(H2,17,18,19). The molecule has 0 aliphatic rings. The molecule has 0 fully saturated rings. The SMILES string of the molecule is Cc1cccc(-c2cccc3c(N)ncnc23)c1Cl.